The molecule has 0 unspecified atom stereocenters. The van der Waals surface area contributed by atoms with Crippen LogP contribution in [0.1, 0.15) is 36.5 Å². The van der Waals surface area contributed by atoms with E-state index in [4.69, 9.17) is 4.74 Å². The molecule has 0 aromatic heterocycles. The van der Waals surface area contributed by atoms with Crippen LogP contribution in [0.4, 0.5) is 10.1 Å². The summed E-state index contributed by atoms with van der Waals surface area (Å²) in [7, 11) is 0. The topological polar surface area (TPSA) is 66.9 Å². The number of amides is 2. The third kappa shape index (κ3) is 7.87. The van der Waals surface area contributed by atoms with Gasteiger partial charge in [0.05, 0.1) is 25.5 Å². The summed E-state index contributed by atoms with van der Waals surface area (Å²) in [4.78, 5) is 41.5. The fourth-order valence-corrected chi connectivity index (χ4v) is 4.64. The lowest BCUT2D eigenvalue weighted by atomic mass is 9.96. The van der Waals surface area contributed by atoms with Crippen LogP contribution in [0.15, 0.2) is 84.9 Å². The molecule has 0 spiro atoms. The Labute approximate surface area is 228 Å². The Morgan fingerprint density at radius 1 is 0.949 bits per heavy atom. The second-order valence-corrected chi connectivity index (χ2v) is 9.55. The van der Waals surface area contributed by atoms with E-state index >= 15 is 0 Å². The molecule has 1 fully saturated rings. The number of hydrogen-bond acceptors (Lipinski definition) is 4. The van der Waals surface area contributed by atoms with E-state index in [0.717, 1.165) is 11.1 Å². The molecule has 3 aromatic rings. The average molecular weight is 529 g/mol. The summed E-state index contributed by atoms with van der Waals surface area (Å²) in [5.74, 6) is -0.929. The van der Waals surface area contributed by atoms with Gasteiger partial charge in [-0.25, -0.2) is 4.39 Å². The molecule has 7 heteroatoms. The lowest BCUT2D eigenvalue weighted by Gasteiger charge is -2.31. The first-order valence-corrected chi connectivity index (χ1v) is 13.3. The fraction of sp³-hybridized carbons (Fsp3) is 0.281. The standard InChI is InChI=1S/C32H33FN2O4/c1-2-39-32(38)27-17-19-34(20-18-27)31(37)22-25-11-14-29(15-12-25)35(23-26-9-6-10-28(33)21-26)30(36)16-13-24-7-4-3-5-8-24/h3-16,21,27H,2,17-20,22-23H2,1H3. The van der Waals surface area contributed by atoms with Crippen LogP contribution in [0.25, 0.3) is 6.08 Å². The smallest absolute Gasteiger partial charge is 0.309 e. The van der Waals surface area contributed by atoms with E-state index in [1.807, 2.05) is 54.6 Å². The lowest BCUT2D eigenvalue weighted by Crippen LogP contribution is -2.41. The number of carbonyl (C=O) groups is 3. The van der Waals surface area contributed by atoms with Crippen molar-refractivity contribution < 1.29 is 23.5 Å². The Bertz CT molecular complexity index is 1300. The molecule has 2 amide bonds. The van der Waals surface area contributed by atoms with Gasteiger partial charge in [-0.2, -0.15) is 0 Å². The number of benzene rings is 3. The molecule has 0 radical (unpaired) electrons. The summed E-state index contributed by atoms with van der Waals surface area (Å²) in [6.07, 6.45) is 4.70. The summed E-state index contributed by atoms with van der Waals surface area (Å²) in [6.45, 7) is 3.42. The summed E-state index contributed by atoms with van der Waals surface area (Å²) in [6, 6.07) is 23.0. The van der Waals surface area contributed by atoms with E-state index in [0.29, 0.717) is 43.8 Å². The molecule has 1 saturated heterocycles. The summed E-state index contributed by atoms with van der Waals surface area (Å²) < 4.78 is 18.9. The van der Waals surface area contributed by atoms with Gasteiger partial charge in [0, 0.05) is 24.9 Å². The third-order valence-electron chi connectivity index (χ3n) is 6.78. The van der Waals surface area contributed by atoms with Gasteiger partial charge in [-0.3, -0.25) is 14.4 Å². The second-order valence-electron chi connectivity index (χ2n) is 9.55. The predicted molar refractivity (Wildman–Crippen MR) is 149 cm³/mol. The Balaban J connectivity index is 1.43. The fourth-order valence-electron chi connectivity index (χ4n) is 4.64. The summed E-state index contributed by atoms with van der Waals surface area (Å²) >= 11 is 0. The van der Waals surface area contributed by atoms with Crippen LogP contribution in [-0.4, -0.2) is 42.4 Å². The van der Waals surface area contributed by atoms with Gasteiger partial charge in [-0.15, -0.1) is 0 Å². The zero-order chi connectivity index (χ0) is 27.6. The number of carbonyl (C=O) groups excluding carboxylic acids is 3. The number of halogens is 1. The molecule has 4 rings (SSSR count). The molecule has 202 valence electrons. The van der Waals surface area contributed by atoms with E-state index in [1.54, 1.807) is 34.9 Å². The highest BCUT2D eigenvalue weighted by Gasteiger charge is 2.28. The van der Waals surface area contributed by atoms with Crippen LogP contribution < -0.4 is 4.90 Å². The Hall–Kier alpha value is -4.26. The highest BCUT2D eigenvalue weighted by Crippen LogP contribution is 2.22. The van der Waals surface area contributed by atoms with Crippen LogP contribution in [0.3, 0.4) is 0 Å². The molecule has 3 aromatic carbocycles. The molecule has 39 heavy (non-hydrogen) atoms. The highest BCUT2D eigenvalue weighted by atomic mass is 19.1. The summed E-state index contributed by atoms with van der Waals surface area (Å²) in [5, 5.41) is 0. The first kappa shape index (κ1) is 27.8. The van der Waals surface area contributed by atoms with Gasteiger partial charge in [0.15, 0.2) is 0 Å². The number of likely N-dealkylation sites (tertiary alicyclic amines) is 1. The van der Waals surface area contributed by atoms with Crippen LogP contribution in [0, 0.1) is 11.7 Å². The van der Waals surface area contributed by atoms with Gasteiger partial charge in [0.1, 0.15) is 5.82 Å². The van der Waals surface area contributed by atoms with Crippen molar-refractivity contribution in [3.05, 3.63) is 107 Å². The van der Waals surface area contributed by atoms with Crippen LogP contribution >= 0.6 is 0 Å². The highest BCUT2D eigenvalue weighted by molar-refractivity contribution is 6.03. The number of rotatable bonds is 9. The largest absolute Gasteiger partial charge is 0.466 e. The van der Waals surface area contributed by atoms with Gasteiger partial charge in [-0.05, 0) is 66.8 Å². The number of nitrogens with zero attached hydrogens (tertiary/aromatic N) is 2. The van der Waals surface area contributed by atoms with Gasteiger partial charge in [0.2, 0.25) is 5.91 Å². The van der Waals surface area contributed by atoms with E-state index < -0.39 is 0 Å². The van der Waals surface area contributed by atoms with Crippen molar-refractivity contribution in [2.24, 2.45) is 5.92 Å². The average Bonchev–Trinajstić information content (AvgIpc) is 2.96. The van der Waals surface area contributed by atoms with E-state index in [2.05, 4.69) is 0 Å². The van der Waals surface area contributed by atoms with E-state index in [1.165, 1.54) is 18.2 Å². The Kier molecular flexibility index (Phi) is 9.62. The van der Waals surface area contributed by atoms with Crippen LogP contribution in [0.5, 0.6) is 0 Å². The van der Waals surface area contributed by atoms with E-state index in [9.17, 15) is 18.8 Å². The molecule has 1 aliphatic heterocycles. The molecule has 0 atom stereocenters. The second kappa shape index (κ2) is 13.5. The molecule has 1 aliphatic rings. The number of piperidine rings is 1. The zero-order valence-corrected chi connectivity index (χ0v) is 22.1. The van der Waals surface area contributed by atoms with E-state index in [-0.39, 0.29) is 42.5 Å². The van der Waals surface area contributed by atoms with Gasteiger partial charge < -0.3 is 14.5 Å². The number of anilines is 1. The van der Waals surface area contributed by atoms with Crippen LogP contribution in [0.2, 0.25) is 0 Å². The van der Waals surface area contributed by atoms with Crippen molar-refractivity contribution in [2.45, 2.75) is 32.7 Å². The zero-order valence-electron chi connectivity index (χ0n) is 22.1. The SMILES string of the molecule is CCOC(=O)C1CCN(C(=O)Cc2ccc(N(Cc3cccc(F)c3)C(=O)C=Cc3ccccc3)cc2)CC1. The van der Waals surface area contributed by atoms with Crippen molar-refractivity contribution in [3.63, 3.8) is 0 Å². The molecule has 0 aliphatic carbocycles. The monoisotopic (exact) mass is 528 g/mol. The molecule has 0 bridgehead atoms. The van der Waals surface area contributed by atoms with Crippen molar-refractivity contribution in [1.29, 1.82) is 0 Å². The van der Waals surface area contributed by atoms with Gasteiger partial charge >= 0.3 is 5.97 Å². The van der Waals surface area contributed by atoms with Crippen LogP contribution in [-0.2, 0) is 32.1 Å². The molecule has 1 heterocycles. The van der Waals surface area contributed by atoms with Gasteiger partial charge in [0.25, 0.3) is 5.91 Å². The maximum atomic E-state index is 13.8. The Morgan fingerprint density at radius 3 is 2.33 bits per heavy atom. The molecular formula is C32H33FN2O4. The first-order valence-electron chi connectivity index (χ1n) is 13.3. The van der Waals surface area contributed by atoms with Gasteiger partial charge in [-0.1, -0.05) is 54.6 Å². The minimum absolute atomic E-state index is 0.00328. The quantitative estimate of drug-likeness (QED) is 0.275. The number of ether oxygens (including phenoxy) is 1. The summed E-state index contributed by atoms with van der Waals surface area (Å²) in [5.41, 5.74) is 3.04. The third-order valence-corrected chi connectivity index (χ3v) is 6.78. The molecule has 0 saturated carbocycles. The van der Waals surface area contributed by atoms with Crippen molar-refractivity contribution in [2.75, 3.05) is 24.6 Å². The predicted octanol–water partition coefficient (Wildman–Crippen LogP) is 5.42. The minimum Gasteiger partial charge on any atom is -0.466 e. The molecule has 0 N–H and O–H groups in total. The lowest BCUT2D eigenvalue weighted by molar-refractivity contribution is -0.151. The first-order chi connectivity index (χ1) is 18.9. The molecular weight excluding hydrogens is 495 g/mol. The normalized spacial score (nSPS) is 13.8. The molecule has 6 nitrogen and oxygen atoms in total. The minimum atomic E-state index is -0.361. The number of hydrogen-bond donors (Lipinski definition) is 0. The van der Waals surface area contributed by atoms with Crippen molar-refractivity contribution >= 4 is 29.5 Å². The maximum absolute atomic E-state index is 13.8. The maximum Gasteiger partial charge on any atom is 0.309 e. The number of esters is 1. The van der Waals surface area contributed by atoms with Crippen molar-refractivity contribution in [1.82, 2.24) is 4.90 Å². The Morgan fingerprint density at radius 2 is 1.67 bits per heavy atom. The van der Waals surface area contributed by atoms with Crippen molar-refractivity contribution in [3.8, 4) is 0 Å².